The van der Waals surface area contributed by atoms with Crippen LogP contribution in [0.4, 0.5) is 0 Å². The summed E-state index contributed by atoms with van der Waals surface area (Å²) in [6.07, 6.45) is 3.35. The van der Waals surface area contributed by atoms with Gasteiger partial charge in [-0.25, -0.2) is 0 Å². The van der Waals surface area contributed by atoms with Gasteiger partial charge in [0.15, 0.2) is 0 Å². The van der Waals surface area contributed by atoms with Crippen LogP contribution in [0.15, 0.2) is 30.3 Å². The van der Waals surface area contributed by atoms with Gasteiger partial charge in [-0.3, -0.25) is 4.79 Å². The zero-order valence-electron chi connectivity index (χ0n) is 13.7. The summed E-state index contributed by atoms with van der Waals surface area (Å²) in [6, 6.07) is 10.2. The Bertz CT molecular complexity index is 503. The predicted molar refractivity (Wildman–Crippen MR) is 93.6 cm³/mol. The summed E-state index contributed by atoms with van der Waals surface area (Å²) >= 11 is 0. The molecule has 5 heteroatoms. The Kier molecular flexibility index (Phi) is 6.45. The van der Waals surface area contributed by atoms with E-state index >= 15 is 0 Å². The van der Waals surface area contributed by atoms with Crippen molar-refractivity contribution in [1.29, 1.82) is 0 Å². The Hall–Kier alpha value is -1.10. The minimum Gasteiger partial charge on any atom is -0.375 e. The molecule has 1 aliphatic carbocycles. The number of hydrogen-bond acceptors (Lipinski definition) is 3. The number of benzene rings is 1. The van der Waals surface area contributed by atoms with Gasteiger partial charge in [0, 0.05) is 12.0 Å². The minimum absolute atomic E-state index is 0. The number of carbonyl (C=O) groups excluding carboxylic acids is 1. The maximum atomic E-state index is 12.3. The van der Waals surface area contributed by atoms with E-state index in [-0.39, 0.29) is 30.3 Å². The van der Waals surface area contributed by atoms with E-state index in [9.17, 15) is 4.79 Å². The van der Waals surface area contributed by atoms with E-state index in [4.69, 9.17) is 4.74 Å². The molecule has 2 fully saturated rings. The van der Waals surface area contributed by atoms with Crippen LogP contribution in [0.2, 0.25) is 0 Å². The Morgan fingerprint density at radius 3 is 2.74 bits per heavy atom. The first-order chi connectivity index (χ1) is 10.7. The van der Waals surface area contributed by atoms with E-state index in [1.807, 2.05) is 37.3 Å². The summed E-state index contributed by atoms with van der Waals surface area (Å²) in [5, 5.41) is 6.49. The molecule has 0 aromatic heterocycles. The van der Waals surface area contributed by atoms with Crippen LogP contribution in [0.1, 0.15) is 31.7 Å². The molecule has 128 valence electrons. The maximum absolute atomic E-state index is 12.3. The lowest BCUT2D eigenvalue weighted by Crippen LogP contribution is -2.39. The van der Waals surface area contributed by atoms with Crippen molar-refractivity contribution < 1.29 is 9.53 Å². The minimum atomic E-state index is 0. The van der Waals surface area contributed by atoms with Crippen LogP contribution in [0.5, 0.6) is 0 Å². The largest absolute Gasteiger partial charge is 0.375 e. The average molecular weight is 339 g/mol. The number of carbonyl (C=O) groups is 1. The molecule has 1 aromatic carbocycles. The molecule has 2 unspecified atom stereocenters. The van der Waals surface area contributed by atoms with Gasteiger partial charge in [0.05, 0.1) is 13.2 Å². The zero-order valence-corrected chi connectivity index (χ0v) is 14.5. The second kappa shape index (κ2) is 8.13. The van der Waals surface area contributed by atoms with Crippen molar-refractivity contribution in [2.45, 2.75) is 38.8 Å². The monoisotopic (exact) mass is 338 g/mol. The molecule has 1 saturated carbocycles. The highest BCUT2D eigenvalue weighted by atomic mass is 35.5. The lowest BCUT2D eigenvalue weighted by molar-refractivity contribution is -0.124. The van der Waals surface area contributed by atoms with Crippen LogP contribution in [-0.2, 0) is 16.1 Å². The Balaban J connectivity index is 0.00000192. The number of ether oxygens (including phenoxy) is 1. The second-order valence-corrected chi connectivity index (χ2v) is 6.78. The number of halogens is 1. The zero-order chi connectivity index (χ0) is 15.4. The lowest BCUT2D eigenvalue weighted by Gasteiger charge is -2.23. The Morgan fingerprint density at radius 1 is 1.35 bits per heavy atom. The third kappa shape index (κ3) is 4.69. The fraction of sp³-hybridized carbons (Fsp3) is 0.611. The number of nitrogens with one attached hydrogen (secondary N) is 2. The molecule has 0 radical (unpaired) electrons. The highest BCUT2D eigenvalue weighted by molar-refractivity contribution is 5.85. The molecular formula is C18H27ClN2O2. The average Bonchev–Trinajstić information content (AvgIpc) is 3.22. The van der Waals surface area contributed by atoms with E-state index in [1.54, 1.807) is 0 Å². The van der Waals surface area contributed by atoms with Crippen LogP contribution in [0, 0.1) is 11.3 Å². The van der Waals surface area contributed by atoms with Crippen LogP contribution in [0.3, 0.4) is 0 Å². The summed E-state index contributed by atoms with van der Waals surface area (Å²) in [4.78, 5) is 12.3. The Morgan fingerprint density at radius 2 is 2.04 bits per heavy atom. The van der Waals surface area contributed by atoms with E-state index in [0.717, 1.165) is 37.9 Å². The first-order valence-electron chi connectivity index (χ1n) is 8.32. The first-order valence-corrected chi connectivity index (χ1v) is 8.32. The summed E-state index contributed by atoms with van der Waals surface area (Å²) in [7, 11) is 0. The molecule has 1 aromatic rings. The second-order valence-electron chi connectivity index (χ2n) is 6.78. The molecule has 2 atom stereocenters. The first kappa shape index (κ1) is 18.2. The molecule has 2 aliphatic rings. The smallest absolute Gasteiger partial charge is 0.223 e. The summed E-state index contributed by atoms with van der Waals surface area (Å²) in [5.74, 6) is 0.448. The molecule has 23 heavy (non-hydrogen) atoms. The molecule has 2 N–H and O–H groups in total. The van der Waals surface area contributed by atoms with Gasteiger partial charge < -0.3 is 15.4 Å². The third-order valence-electron chi connectivity index (χ3n) is 4.97. The van der Waals surface area contributed by atoms with Crippen molar-refractivity contribution in [3.63, 3.8) is 0 Å². The molecule has 0 bridgehead atoms. The van der Waals surface area contributed by atoms with E-state index in [2.05, 4.69) is 10.6 Å². The van der Waals surface area contributed by atoms with Crippen molar-refractivity contribution in [2.75, 3.05) is 19.7 Å². The quantitative estimate of drug-likeness (QED) is 0.838. The van der Waals surface area contributed by atoms with Gasteiger partial charge in [-0.05, 0) is 50.3 Å². The summed E-state index contributed by atoms with van der Waals surface area (Å²) in [6.45, 7) is 5.28. The van der Waals surface area contributed by atoms with E-state index < -0.39 is 0 Å². The molecule has 3 rings (SSSR count). The fourth-order valence-corrected chi connectivity index (χ4v) is 3.51. The highest BCUT2D eigenvalue weighted by Crippen LogP contribution is 2.58. The van der Waals surface area contributed by atoms with Gasteiger partial charge in [-0.1, -0.05) is 30.3 Å². The summed E-state index contributed by atoms with van der Waals surface area (Å²) < 4.78 is 5.69. The SMILES string of the molecule is CC(COCc1ccccc1)NC(=O)C1CC12CCNCC2.Cl. The van der Waals surface area contributed by atoms with E-state index in [1.165, 1.54) is 0 Å². The number of amides is 1. The van der Waals surface area contributed by atoms with Gasteiger partial charge in [0.2, 0.25) is 5.91 Å². The van der Waals surface area contributed by atoms with Gasteiger partial charge in [0.1, 0.15) is 0 Å². The van der Waals surface area contributed by atoms with Gasteiger partial charge in [-0.2, -0.15) is 0 Å². The topological polar surface area (TPSA) is 50.4 Å². The standard InChI is InChI=1S/C18H26N2O2.ClH/c1-14(12-22-13-15-5-3-2-4-6-15)20-17(21)16-11-18(16)7-9-19-10-8-18;/h2-6,14,16,19H,7-13H2,1H3,(H,20,21);1H. The fourth-order valence-electron chi connectivity index (χ4n) is 3.51. The molecular weight excluding hydrogens is 312 g/mol. The molecule has 1 amide bonds. The van der Waals surface area contributed by atoms with Crippen LogP contribution in [-0.4, -0.2) is 31.6 Å². The highest BCUT2D eigenvalue weighted by Gasteiger charge is 2.57. The summed E-state index contributed by atoms with van der Waals surface area (Å²) in [5.41, 5.74) is 1.47. The van der Waals surface area contributed by atoms with Gasteiger partial charge in [-0.15, -0.1) is 12.4 Å². The number of hydrogen-bond donors (Lipinski definition) is 2. The number of piperidine rings is 1. The van der Waals surface area contributed by atoms with Crippen LogP contribution >= 0.6 is 12.4 Å². The van der Waals surface area contributed by atoms with Crippen molar-refractivity contribution in [1.82, 2.24) is 10.6 Å². The number of rotatable bonds is 6. The van der Waals surface area contributed by atoms with Crippen molar-refractivity contribution in [2.24, 2.45) is 11.3 Å². The van der Waals surface area contributed by atoms with Gasteiger partial charge in [0.25, 0.3) is 0 Å². The predicted octanol–water partition coefficient (Wildman–Crippen LogP) is 2.52. The van der Waals surface area contributed by atoms with Crippen molar-refractivity contribution >= 4 is 18.3 Å². The molecule has 1 aliphatic heterocycles. The molecule has 1 saturated heterocycles. The van der Waals surface area contributed by atoms with Gasteiger partial charge >= 0.3 is 0 Å². The molecule has 4 nitrogen and oxygen atoms in total. The molecule has 1 heterocycles. The maximum Gasteiger partial charge on any atom is 0.223 e. The van der Waals surface area contributed by atoms with Crippen molar-refractivity contribution in [3.8, 4) is 0 Å². The lowest BCUT2D eigenvalue weighted by atomic mass is 9.91. The third-order valence-corrected chi connectivity index (χ3v) is 4.97. The molecule has 1 spiro atoms. The van der Waals surface area contributed by atoms with Crippen LogP contribution in [0.25, 0.3) is 0 Å². The van der Waals surface area contributed by atoms with Crippen molar-refractivity contribution in [3.05, 3.63) is 35.9 Å². The van der Waals surface area contributed by atoms with Crippen LogP contribution < -0.4 is 10.6 Å². The normalized spacial score (nSPS) is 22.9. The Labute approximate surface area is 144 Å². The van der Waals surface area contributed by atoms with E-state index in [0.29, 0.717) is 18.6 Å².